The van der Waals surface area contributed by atoms with E-state index in [0.717, 1.165) is 27.3 Å². The zero-order valence-electron chi connectivity index (χ0n) is 14.5. The van der Waals surface area contributed by atoms with Gasteiger partial charge in [0, 0.05) is 21.7 Å². The molecule has 0 atom stereocenters. The first-order valence-corrected chi connectivity index (χ1v) is 9.33. The third-order valence-corrected chi connectivity index (χ3v) is 4.92. The highest BCUT2D eigenvalue weighted by Gasteiger charge is 2.15. The van der Waals surface area contributed by atoms with Crippen molar-refractivity contribution in [3.63, 3.8) is 0 Å². The van der Waals surface area contributed by atoms with Crippen molar-refractivity contribution in [2.24, 2.45) is 0 Å². The van der Waals surface area contributed by atoms with Crippen LogP contribution >= 0.6 is 11.8 Å². The summed E-state index contributed by atoms with van der Waals surface area (Å²) in [6, 6.07) is 16.1. The maximum absolute atomic E-state index is 13.3. The Kier molecular flexibility index (Phi) is 5.38. The summed E-state index contributed by atoms with van der Waals surface area (Å²) in [4.78, 5) is 17.0. The number of aromatic nitrogens is 1. The Morgan fingerprint density at radius 2 is 1.69 bits per heavy atom. The predicted molar refractivity (Wildman–Crippen MR) is 103 cm³/mol. The van der Waals surface area contributed by atoms with E-state index >= 15 is 0 Å². The molecule has 0 amide bonds. The Labute approximate surface area is 155 Å². The van der Waals surface area contributed by atoms with Gasteiger partial charge < -0.3 is 5.11 Å². The molecule has 0 aliphatic carbocycles. The molecule has 26 heavy (non-hydrogen) atoms. The van der Waals surface area contributed by atoms with Gasteiger partial charge in [0.25, 0.3) is 0 Å². The standard InChI is InChI=1S/C21H18FNO2S/c1-13-16(12-20(24)25)11-19(14-3-7-17(22)8-4-14)21(23-13)15-5-9-18(26-2)10-6-15/h3-11H,12H2,1-2H3,(H,24,25). The average molecular weight is 367 g/mol. The number of halogens is 1. The molecule has 0 spiro atoms. The monoisotopic (exact) mass is 367 g/mol. The zero-order valence-corrected chi connectivity index (χ0v) is 15.3. The van der Waals surface area contributed by atoms with Crippen molar-refractivity contribution >= 4 is 17.7 Å². The molecule has 0 saturated heterocycles. The number of pyridine rings is 1. The Morgan fingerprint density at radius 3 is 2.27 bits per heavy atom. The van der Waals surface area contributed by atoms with Crippen LogP contribution in [0.15, 0.2) is 59.5 Å². The number of aryl methyl sites for hydroxylation is 1. The number of nitrogens with zero attached hydrogens (tertiary/aromatic N) is 1. The fraction of sp³-hybridized carbons (Fsp3) is 0.143. The lowest BCUT2D eigenvalue weighted by Gasteiger charge is -2.14. The van der Waals surface area contributed by atoms with E-state index in [4.69, 9.17) is 5.11 Å². The fourth-order valence-corrected chi connectivity index (χ4v) is 3.22. The number of hydrogen-bond donors (Lipinski definition) is 1. The van der Waals surface area contributed by atoms with Crippen LogP contribution in [-0.2, 0) is 11.2 Å². The van der Waals surface area contributed by atoms with Gasteiger partial charge in [-0.3, -0.25) is 9.78 Å². The minimum absolute atomic E-state index is 0.0985. The number of hydrogen-bond acceptors (Lipinski definition) is 3. The van der Waals surface area contributed by atoms with E-state index in [-0.39, 0.29) is 12.2 Å². The van der Waals surface area contributed by atoms with Gasteiger partial charge in [-0.25, -0.2) is 4.39 Å². The van der Waals surface area contributed by atoms with Crippen LogP contribution < -0.4 is 0 Å². The summed E-state index contributed by atoms with van der Waals surface area (Å²) in [7, 11) is 0. The van der Waals surface area contributed by atoms with E-state index in [1.165, 1.54) is 12.1 Å². The van der Waals surface area contributed by atoms with Crippen LogP contribution in [0.2, 0.25) is 0 Å². The molecule has 0 aliphatic heterocycles. The van der Waals surface area contributed by atoms with Crippen molar-refractivity contribution in [1.82, 2.24) is 4.98 Å². The second-order valence-corrected chi connectivity index (χ2v) is 6.81. The van der Waals surface area contributed by atoms with Gasteiger partial charge in [-0.1, -0.05) is 24.3 Å². The second kappa shape index (κ2) is 7.70. The van der Waals surface area contributed by atoms with Gasteiger partial charge in [0.1, 0.15) is 5.82 Å². The highest BCUT2D eigenvalue weighted by molar-refractivity contribution is 7.98. The third-order valence-electron chi connectivity index (χ3n) is 4.18. The Balaban J connectivity index is 2.18. The van der Waals surface area contributed by atoms with Crippen LogP contribution in [0.1, 0.15) is 11.3 Å². The summed E-state index contributed by atoms with van der Waals surface area (Å²) in [5.41, 5.74) is 4.63. The summed E-state index contributed by atoms with van der Waals surface area (Å²) in [5, 5.41) is 9.15. The minimum Gasteiger partial charge on any atom is -0.481 e. The molecule has 1 N–H and O–H groups in total. The molecule has 132 valence electrons. The number of thioether (sulfide) groups is 1. The first kappa shape index (κ1) is 18.1. The lowest BCUT2D eigenvalue weighted by Crippen LogP contribution is -2.05. The second-order valence-electron chi connectivity index (χ2n) is 5.93. The summed E-state index contributed by atoms with van der Waals surface area (Å²) in [5.74, 6) is -1.22. The molecule has 3 nitrogen and oxygen atoms in total. The molecule has 5 heteroatoms. The molecule has 3 rings (SSSR count). The normalized spacial score (nSPS) is 10.7. The van der Waals surface area contributed by atoms with Crippen LogP contribution in [-0.4, -0.2) is 22.3 Å². The van der Waals surface area contributed by atoms with Crippen LogP contribution in [0.3, 0.4) is 0 Å². The topological polar surface area (TPSA) is 50.2 Å². The number of carbonyl (C=O) groups is 1. The van der Waals surface area contributed by atoms with Crippen molar-refractivity contribution in [2.45, 2.75) is 18.2 Å². The molecule has 0 saturated carbocycles. The maximum atomic E-state index is 13.3. The Bertz CT molecular complexity index is 937. The summed E-state index contributed by atoms with van der Waals surface area (Å²) in [6.45, 7) is 1.81. The van der Waals surface area contributed by atoms with Gasteiger partial charge in [0.15, 0.2) is 0 Å². The van der Waals surface area contributed by atoms with Crippen LogP contribution in [0.5, 0.6) is 0 Å². The van der Waals surface area contributed by atoms with Crippen LogP contribution in [0.4, 0.5) is 4.39 Å². The van der Waals surface area contributed by atoms with Crippen molar-refractivity contribution < 1.29 is 14.3 Å². The largest absolute Gasteiger partial charge is 0.481 e. The number of aliphatic carboxylic acids is 1. The molecule has 1 heterocycles. The number of carboxylic acid groups (broad SMARTS) is 1. The van der Waals surface area contributed by atoms with Crippen molar-refractivity contribution in [3.8, 4) is 22.4 Å². The van der Waals surface area contributed by atoms with Gasteiger partial charge in [-0.2, -0.15) is 0 Å². The fourth-order valence-electron chi connectivity index (χ4n) is 2.81. The van der Waals surface area contributed by atoms with Crippen molar-refractivity contribution in [1.29, 1.82) is 0 Å². The molecule has 2 aromatic carbocycles. The Hall–Kier alpha value is -2.66. The maximum Gasteiger partial charge on any atom is 0.307 e. The number of benzene rings is 2. The SMILES string of the molecule is CSc1ccc(-c2nc(C)c(CC(=O)O)cc2-c2ccc(F)cc2)cc1. The van der Waals surface area contributed by atoms with E-state index in [1.807, 2.05) is 43.5 Å². The van der Waals surface area contributed by atoms with Crippen LogP contribution in [0, 0.1) is 12.7 Å². The molecule has 0 fully saturated rings. The lowest BCUT2D eigenvalue weighted by molar-refractivity contribution is -0.136. The van der Waals surface area contributed by atoms with E-state index in [1.54, 1.807) is 23.9 Å². The zero-order chi connectivity index (χ0) is 18.7. The molecule has 0 aliphatic rings. The van der Waals surface area contributed by atoms with Gasteiger partial charge in [-0.15, -0.1) is 11.8 Å². The smallest absolute Gasteiger partial charge is 0.307 e. The average Bonchev–Trinajstić information content (AvgIpc) is 2.63. The molecule has 1 aromatic heterocycles. The molecule has 3 aromatic rings. The van der Waals surface area contributed by atoms with Gasteiger partial charge in [0.2, 0.25) is 0 Å². The van der Waals surface area contributed by atoms with E-state index in [0.29, 0.717) is 11.3 Å². The predicted octanol–water partition coefficient (Wildman–Crippen LogP) is 5.21. The van der Waals surface area contributed by atoms with E-state index < -0.39 is 5.97 Å². The molecule has 0 unspecified atom stereocenters. The first-order chi connectivity index (χ1) is 12.5. The Morgan fingerprint density at radius 1 is 1.08 bits per heavy atom. The van der Waals surface area contributed by atoms with Crippen LogP contribution in [0.25, 0.3) is 22.4 Å². The van der Waals surface area contributed by atoms with Gasteiger partial charge in [-0.05, 0) is 54.6 Å². The van der Waals surface area contributed by atoms with Crippen molar-refractivity contribution in [2.75, 3.05) is 6.26 Å². The minimum atomic E-state index is -0.906. The quantitative estimate of drug-likeness (QED) is 0.629. The summed E-state index contributed by atoms with van der Waals surface area (Å²) < 4.78 is 13.3. The van der Waals surface area contributed by atoms with E-state index in [2.05, 4.69) is 4.98 Å². The highest BCUT2D eigenvalue weighted by atomic mass is 32.2. The van der Waals surface area contributed by atoms with E-state index in [9.17, 15) is 9.18 Å². The molecule has 0 radical (unpaired) electrons. The van der Waals surface area contributed by atoms with Gasteiger partial charge >= 0.3 is 5.97 Å². The summed E-state index contributed by atoms with van der Waals surface area (Å²) >= 11 is 1.66. The van der Waals surface area contributed by atoms with Crippen molar-refractivity contribution in [3.05, 3.63) is 71.7 Å². The highest BCUT2D eigenvalue weighted by Crippen LogP contribution is 2.33. The first-order valence-electron chi connectivity index (χ1n) is 8.10. The summed E-state index contributed by atoms with van der Waals surface area (Å²) in [6.07, 6.45) is 1.92. The lowest BCUT2D eigenvalue weighted by atomic mass is 9.96. The van der Waals surface area contributed by atoms with Gasteiger partial charge in [0.05, 0.1) is 12.1 Å². The number of rotatable bonds is 5. The number of carboxylic acids is 1. The molecular formula is C21H18FNO2S. The molecular weight excluding hydrogens is 349 g/mol. The third kappa shape index (κ3) is 3.94. The molecule has 0 bridgehead atoms.